The quantitative estimate of drug-likeness (QED) is 0.761. The van der Waals surface area contributed by atoms with Crippen molar-refractivity contribution < 1.29 is 4.79 Å². The van der Waals surface area contributed by atoms with Gasteiger partial charge in [-0.05, 0) is 30.6 Å². The van der Waals surface area contributed by atoms with Gasteiger partial charge >= 0.3 is 6.03 Å². The van der Waals surface area contributed by atoms with Gasteiger partial charge in [0.1, 0.15) is 0 Å². The fourth-order valence-electron chi connectivity index (χ4n) is 3.30. The first-order chi connectivity index (χ1) is 7.54. The zero-order valence-electron chi connectivity index (χ0n) is 10.8. The number of primary amides is 1. The van der Waals surface area contributed by atoms with Gasteiger partial charge in [-0.15, -0.1) is 0 Å². The van der Waals surface area contributed by atoms with Crippen LogP contribution in [0.3, 0.4) is 0 Å². The highest BCUT2D eigenvalue weighted by molar-refractivity contribution is 5.71. The average Bonchev–Trinajstić information content (AvgIpc) is 2.17. The molecule has 2 amide bonds. The van der Waals surface area contributed by atoms with Crippen LogP contribution in [0, 0.1) is 17.8 Å². The van der Waals surface area contributed by atoms with E-state index in [-0.39, 0.29) is 6.03 Å². The average molecular weight is 226 g/mol. The van der Waals surface area contributed by atoms with Gasteiger partial charge in [-0.3, -0.25) is 0 Å². The topological polar surface area (TPSA) is 55.1 Å². The second-order valence-corrected chi connectivity index (χ2v) is 5.45. The molecule has 0 aromatic carbocycles. The summed E-state index contributed by atoms with van der Waals surface area (Å²) in [5.41, 5.74) is 5.19. The number of rotatable bonds is 4. The van der Waals surface area contributed by atoms with E-state index >= 15 is 0 Å². The van der Waals surface area contributed by atoms with Crippen LogP contribution < -0.4 is 11.1 Å². The molecule has 3 nitrogen and oxygen atoms in total. The number of nitrogens with two attached hydrogens (primary N) is 1. The molecule has 16 heavy (non-hydrogen) atoms. The summed E-state index contributed by atoms with van der Waals surface area (Å²) in [5, 5.41) is 2.87. The van der Waals surface area contributed by atoms with E-state index in [0.717, 1.165) is 30.6 Å². The van der Waals surface area contributed by atoms with Gasteiger partial charge in [-0.2, -0.15) is 0 Å². The number of hydrogen-bond donors (Lipinski definition) is 2. The van der Waals surface area contributed by atoms with Crippen LogP contribution in [0.25, 0.3) is 0 Å². The second kappa shape index (κ2) is 6.12. The highest BCUT2D eigenvalue weighted by Gasteiger charge is 2.29. The van der Waals surface area contributed by atoms with Crippen LogP contribution in [0.15, 0.2) is 0 Å². The molecule has 3 atom stereocenters. The highest BCUT2D eigenvalue weighted by Crippen LogP contribution is 2.35. The van der Waals surface area contributed by atoms with Crippen molar-refractivity contribution >= 4 is 6.03 Å². The van der Waals surface area contributed by atoms with Gasteiger partial charge in [-0.1, -0.05) is 40.0 Å². The van der Waals surface area contributed by atoms with E-state index in [4.69, 9.17) is 5.73 Å². The minimum absolute atomic E-state index is 0.309. The first kappa shape index (κ1) is 13.3. The molecule has 3 unspecified atom stereocenters. The number of nitrogens with one attached hydrogen (secondary N) is 1. The van der Waals surface area contributed by atoms with Gasteiger partial charge in [0.25, 0.3) is 0 Å². The van der Waals surface area contributed by atoms with Crippen molar-refractivity contribution in [3.8, 4) is 0 Å². The Morgan fingerprint density at radius 3 is 2.62 bits per heavy atom. The Hall–Kier alpha value is -0.730. The molecule has 0 saturated heterocycles. The highest BCUT2D eigenvalue weighted by atomic mass is 16.2. The Morgan fingerprint density at radius 1 is 1.44 bits per heavy atom. The maximum absolute atomic E-state index is 10.9. The van der Waals surface area contributed by atoms with E-state index < -0.39 is 0 Å². The Labute approximate surface area is 99.2 Å². The summed E-state index contributed by atoms with van der Waals surface area (Å²) in [7, 11) is 0. The third kappa shape index (κ3) is 3.69. The van der Waals surface area contributed by atoms with E-state index in [1.165, 1.54) is 19.3 Å². The molecule has 0 radical (unpaired) electrons. The number of urea groups is 1. The maximum atomic E-state index is 10.9. The summed E-state index contributed by atoms with van der Waals surface area (Å²) in [6.45, 7) is 6.88. The minimum atomic E-state index is -0.372. The molecule has 0 heterocycles. The summed E-state index contributed by atoms with van der Waals surface area (Å²) in [6.07, 6.45) is 5.98. The lowest BCUT2D eigenvalue weighted by Crippen LogP contribution is -2.42. The zero-order valence-corrected chi connectivity index (χ0v) is 10.8. The smallest absolute Gasteiger partial charge is 0.312 e. The van der Waals surface area contributed by atoms with E-state index in [2.05, 4.69) is 26.1 Å². The molecule has 0 aliphatic heterocycles. The molecule has 0 bridgehead atoms. The Kier molecular flexibility index (Phi) is 5.10. The molecule has 3 N–H and O–H groups in total. The van der Waals surface area contributed by atoms with E-state index in [0.29, 0.717) is 6.04 Å². The van der Waals surface area contributed by atoms with Crippen LogP contribution in [0.4, 0.5) is 4.79 Å². The van der Waals surface area contributed by atoms with Crippen molar-refractivity contribution in [2.24, 2.45) is 23.5 Å². The Balaban J connectivity index is 2.51. The fraction of sp³-hybridized carbons (Fsp3) is 0.923. The monoisotopic (exact) mass is 226 g/mol. The standard InChI is InChI=1S/C13H26N2O/c1-4-12(9(2)3)10-6-5-7-11(8-10)15-13(14)16/h9-12H,4-8H2,1-3H3,(H3,14,15,16). The summed E-state index contributed by atoms with van der Waals surface area (Å²) in [4.78, 5) is 10.9. The van der Waals surface area contributed by atoms with Gasteiger partial charge in [0.05, 0.1) is 0 Å². The summed E-state index contributed by atoms with van der Waals surface area (Å²) >= 11 is 0. The first-order valence-corrected chi connectivity index (χ1v) is 6.60. The maximum Gasteiger partial charge on any atom is 0.312 e. The predicted molar refractivity (Wildman–Crippen MR) is 67.1 cm³/mol. The molecule has 1 aliphatic rings. The first-order valence-electron chi connectivity index (χ1n) is 6.60. The molecule has 0 aromatic heterocycles. The van der Waals surface area contributed by atoms with Gasteiger partial charge in [-0.25, -0.2) is 4.79 Å². The largest absolute Gasteiger partial charge is 0.352 e. The van der Waals surface area contributed by atoms with Crippen LogP contribution >= 0.6 is 0 Å². The molecular weight excluding hydrogens is 200 g/mol. The SMILES string of the molecule is CCC(C(C)C)C1CCCC(NC(N)=O)C1. The van der Waals surface area contributed by atoms with Crippen molar-refractivity contribution in [2.45, 2.75) is 58.9 Å². The van der Waals surface area contributed by atoms with Crippen LogP contribution in [0.1, 0.15) is 52.9 Å². The third-order valence-corrected chi connectivity index (χ3v) is 3.99. The molecular formula is C13H26N2O. The molecule has 1 aliphatic carbocycles. The lowest BCUT2D eigenvalue weighted by atomic mass is 9.72. The van der Waals surface area contributed by atoms with Crippen LogP contribution in [0.5, 0.6) is 0 Å². The minimum Gasteiger partial charge on any atom is -0.352 e. The number of carbonyl (C=O) groups is 1. The van der Waals surface area contributed by atoms with Gasteiger partial charge < -0.3 is 11.1 Å². The van der Waals surface area contributed by atoms with Crippen LogP contribution in [0.2, 0.25) is 0 Å². The summed E-state index contributed by atoms with van der Waals surface area (Å²) in [5.74, 6) is 2.29. The molecule has 94 valence electrons. The molecule has 0 aromatic rings. The summed E-state index contributed by atoms with van der Waals surface area (Å²) in [6, 6.07) is -0.0627. The van der Waals surface area contributed by atoms with Crippen molar-refractivity contribution in [3.05, 3.63) is 0 Å². The van der Waals surface area contributed by atoms with Crippen molar-refractivity contribution in [1.29, 1.82) is 0 Å². The van der Waals surface area contributed by atoms with Gasteiger partial charge in [0.15, 0.2) is 0 Å². The van der Waals surface area contributed by atoms with Crippen LogP contribution in [-0.2, 0) is 0 Å². The normalized spacial score (nSPS) is 27.8. The number of carbonyl (C=O) groups excluding carboxylic acids is 1. The van der Waals surface area contributed by atoms with Crippen LogP contribution in [-0.4, -0.2) is 12.1 Å². The fourth-order valence-corrected chi connectivity index (χ4v) is 3.30. The predicted octanol–water partition coefficient (Wildman–Crippen LogP) is 2.90. The van der Waals surface area contributed by atoms with E-state index in [1.54, 1.807) is 0 Å². The summed E-state index contributed by atoms with van der Waals surface area (Å²) < 4.78 is 0. The molecule has 3 heteroatoms. The second-order valence-electron chi connectivity index (χ2n) is 5.45. The third-order valence-electron chi connectivity index (χ3n) is 3.99. The number of hydrogen-bond acceptors (Lipinski definition) is 1. The van der Waals surface area contributed by atoms with Gasteiger partial charge in [0.2, 0.25) is 0 Å². The molecule has 1 fully saturated rings. The molecule has 0 spiro atoms. The molecule has 1 saturated carbocycles. The molecule has 1 rings (SSSR count). The lowest BCUT2D eigenvalue weighted by Gasteiger charge is -2.36. The Bertz CT molecular complexity index is 228. The van der Waals surface area contributed by atoms with E-state index in [1.807, 2.05) is 0 Å². The zero-order chi connectivity index (χ0) is 12.1. The van der Waals surface area contributed by atoms with Gasteiger partial charge in [0, 0.05) is 6.04 Å². The van der Waals surface area contributed by atoms with Crippen molar-refractivity contribution in [1.82, 2.24) is 5.32 Å². The van der Waals surface area contributed by atoms with Crippen molar-refractivity contribution in [3.63, 3.8) is 0 Å². The van der Waals surface area contributed by atoms with Crippen molar-refractivity contribution in [2.75, 3.05) is 0 Å². The van der Waals surface area contributed by atoms with E-state index in [9.17, 15) is 4.79 Å². The Morgan fingerprint density at radius 2 is 2.12 bits per heavy atom. The number of amides is 2. The lowest BCUT2D eigenvalue weighted by molar-refractivity contribution is 0.167.